The standard InChI is InChI=1S/C33H41N5O2/c1-22(2)38-16-13-23(14-17-38)31(39)20-26-19-28(12-15-34-26)40-27-10-11-30-29(21-27)36-32(37(30)6)35-25-9-7-8-24(18-25)33(3,4)5/h7-12,15,18-19,21-23H,13-14,16-17,20H2,1-6H3,(H,35,36). The molecular formula is C33H41N5O2. The number of ether oxygens (including phenoxy) is 1. The summed E-state index contributed by atoms with van der Waals surface area (Å²) in [5, 5.41) is 3.47. The van der Waals surface area contributed by atoms with Gasteiger partial charge in [0.2, 0.25) is 5.95 Å². The maximum atomic E-state index is 13.0. The van der Waals surface area contributed by atoms with Gasteiger partial charge in [-0.2, -0.15) is 0 Å². The van der Waals surface area contributed by atoms with Crippen LogP contribution in [0.1, 0.15) is 58.7 Å². The van der Waals surface area contributed by atoms with Crippen LogP contribution in [-0.2, 0) is 23.7 Å². The Bertz CT molecular complexity index is 1490. The first-order valence-electron chi connectivity index (χ1n) is 14.3. The normalized spacial score (nSPS) is 15.1. The van der Waals surface area contributed by atoms with Crippen molar-refractivity contribution >= 4 is 28.5 Å². The second-order valence-corrected chi connectivity index (χ2v) is 12.2. The molecule has 40 heavy (non-hydrogen) atoms. The van der Waals surface area contributed by atoms with Crippen molar-refractivity contribution in [2.24, 2.45) is 13.0 Å². The van der Waals surface area contributed by atoms with Crippen LogP contribution in [0.25, 0.3) is 11.0 Å². The van der Waals surface area contributed by atoms with Crippen molar-refractivity contribution < 1.29 is 9.53 Å². The Labute approximate surface area is 237 Å². The van der Waals surface area contributed by atoms with Crippen molar-refractivity contribution in [3.05, 3.63) is 72.1 Å². The first-order valence-corrected chi connectivity index (χ1v) is 14.3. The number of carbonyl (C=O) groups is 1. The summed E-state index contributed by atoms with van der Waals surface area (Å²) in [4.78, 5) is 24.7. The zero-order chi connectivity index (χ0) is 28.4. The van der Waals surface area contributed by atoms with Crippen LogP contribution >= 0.6 is 0 Å². The van der Waals surface area contributed by atoms with E-state index in [2.05, 4.69) is 74.1 Å². The highest BCUT2D eigenvalue weighted by molar-refractivity contribution is 5.83. The number of hydrogen-bond acceptors (Lipinski definition) is 6. The molecule has 0 spiro atoms. The highest BCUT2D eigenvalue weighted by Gasteiger charge is 2.26. The molecule has 5 rings (SSSR count). The summed E-state index contributed by atoms with van der Waals surface area (Å²) in [7, 11) is 2.00. The van der Waals surface area contributed by atoms with Crippen LogP contribution in [0, 0.1) is 5.92 Å². The number of fused-ring (bicyclic) bond motifs is 1. The molecule has 0 saturated carbocycles. The lowest BCUT2D eigenvalue weighted by atomic mass is 9.87. The molecule has 3 heterocycles. The topological polar surface area (TPSA) is 72.3 Å². The summed E-state index contributed by atoms with van der Waals surface area (Å²) < 4.78 is 8.23. The number of hydrogen-bond donors (Lipinski definition) is 1. The van der Waals surface area contributed by atoms with E-state index in [-0.39, 0.29) is 17.1 Å². The fourth-order valence-corrected chi connectivity index (χ4v) is 5.36. The Morgan fingerprint density at radius 3 is 2.52 bits per heavy atom. The van der Waals surface area contributed by atoms with Gasteiger partial charge in [-0.1, -0.05) is 32.9 Å². The molecule has 1 saturated heterocycles. The smallest absolute Gasteiger partial charge is 0.208 e. The summed E-state index contributed by atoms with van der Waals surface area (Å²) in [5.74, 6) is 2.52. The number of aromatic nitrogens is 3. The number of anilines is 2. The van der Waals surface area contributed by atoms with Crippen LogP contribution in [0.4, 0.5) is 11.6 Å². The molecule has 7 heteroatoms. The Kier molecular flexibility index (Phi) is 7.95. The van der Waals surface area contributed by atoms with Gasteiger partial charge in [0.1, 0.15) is 17.3 Å². The van der Waals surface area contributed by atoms with Gasteiger partial charge in [-0.3, -0.25) is 9.78 Å². The van der Waals surface area contributed by atoms with Crippen LogP contribution in [0.5, 0.6) is 11.5 Å². The van der Waals surface area contributed by atoms with Gasteiger partial charge in [0.05, 0.1) is 16.7 Å². The van der Waals surface area contributed by atoms with Crippen LogP contribution in [0.15, 0.2) is 60.8 Å². The molecule has 0 amide bonds. The van der Waals surface area contributed by atoms with E-state index in [9.17, 15) is 4.79 Å². The van der Waals surface area contributed by atoms with Gasteiger partial charge >= 0.3 is 0 Å². The second kappa shape index (κ2) is 11.4. The average molecular weight is 540 g/mol. The van der Waals surface area contributed by atoms with E-state index in [0.29, 0.717) is 24.0 Å². The Balaban J connectivity index is 1.26. The van der Waals surface area contributed by atoms with E-state index < -0.39 is 0 Å². The number of aryl methyl sites for hydroxylation is 1. The zero-order valence-corrected chi connectivity index (χ0v) is 24.6. The van der Waals surface area contributed by atoms with E-state index in [1.807, 2.05) is 41.9 Å². The molecule has 4 aromatic rings. The van der Waals surface area contributed by atoms with Crippen LogP contribution in [0.3, 0.4) is 0 Å². The summed E-state index contributed by atoms with van der Waals surface area (Å²) in [6, 6.07) is 18.6. The molecule has 0 radical (unpaired) electrons. The number of likely N-dealkylation sites (tertiary alicyclic amines) is 1. The maximum Gasteiger partial charge on any atom is 0.208 e. The molecule has 7 nitrogen and oxygen atoms in total. The van der Waals surface area contributed by atoms with Crippen molar-refractivity contribution in [2.45, 2.75) is 65.3 Å². The van der Waals surface area contributed by atoms with Crippen molar-refractivity contribution in [1.29, 1.82) is 0 Å². The van der Waals surface area contributed by atoms with E-state index in [4.69, 9.17) is 9.72 Å². The van der Waals surface area contributed by atoms with Crippen molar-refractivity contribution in [3.8, 4) is 11.5 Å². The van der Waals surface area contributed by atoms with E-state index in [1.165, 1.54) is 5.56 Å². The van der Waals surface area contributed by atoms with E-state index >= 15 is 0 Å². The van der Waals surface area contributed by atoms with E-state index in [0.717, 1.165) is 54.3 Å². The molecule has 0 unspecified atom stereocenters. The molecule has 1 N–H and O–H groups in total. The monoisotopic (exact) mass is 539 g/mol. The first-order chi connectivity index (χ1) is 19.1. The van der Waals surface area contributed by atoms with Gasteiger partial charge < -0.3 is 19.5 Å². The lowest BCUT2D eigenvalue weighted by molar-refractivity contribution is -0.123. The number of imidazole rings is 1. The minimum absolute atomic E-state index is 0.0711. The van der Waals surface area contributed by atoms with Crippen molar-refractivity contribution in [2.75, 3.05) is 18.4 Å². The molecule has 0 atom stereocenters. The fourth-order valence-electron chi connectivity index (χ4n) is 5.36. The number of carbonyl (C=O) groups excluding carboxylic acids is 1. The molecule has 0 aliphatic carbocycles. The Morgan fingerprint density at radius 1 is 1.05 bits per heavy atom. The fraction of sp³-hybridized carbons (Fsp3) is 0.424. The van der Waals surface area contributed by atoms with Gasteiger partial charge in [0.15, 0.2) is 0 Å². The van der Waals surface area contributed by atoms with Gasteiger partial charge in [0.25, 0.3) is 0 Å². The van der Waals surface area contributed by atoms with Crippen LogP contribution in [0.2, 0.25) is 0 Å². The number of nitrogens with one attached hydrogen (secondary N) is 1. The third-order valence-corrected chi connectivity index (χ3v) is 7.93. The Hall–Kier alpha value is -3.71. The number of benzene rings is 2. The van der Waals surface area contributed by atoms with Crippen molar-refractivity contribution in [3.63, 3.8) is 0 Å². The number of ketones is 1. The molecule has 0 bridgehead atoms. The largest absolute Gasteiger partial charge is 0.457 e. The number of Topliss-reactive ketones (excluding diaryl/α,β-unsaturated/α-hetero) is 1. The molecule has 2 aromatic carbocycles. The van der Waals surface area contributed by atoms with Gasteiger partial charge in [-0.25, -0.2) is 4.98 Å². The SMILES string of the molecule is CC(C)N1CCC(C(=O)Cc2cc(Oc3ccc4c(c3)nc(Nc3cccc(C(C)(C)C)c3)n4C)ccn2)CC1. The molecule has 210 valence electrons. The lowest BCUT2D eigenvalue weighted by Crippen LogP contribution is -2.40. The number of pyridine rings is 1. The van der Waals surface area contributed by atoms with Gasteiger partial charge in [0, 0.05) is 49.4 Å². The zero-order valence-electron chi connectivity index (χ0n) is 24.6. The predicted octanol–water partition coefficient (Wildman–Crippen LogP) is 7.03. The Morgan fingerprint density at radius 2 is 1.80 bits per heavy atom. The van der Waals surface area contributed by atoms with Crippen LogP contribution in [-0.4, -0.2) is 44.3 Å². The maximum absolute atomic E-state index is 13.0. The minimum atomic E-state index is 0.0711. The molecule has 2 aromatic heterocycles. The van der Waals surface area contributed by atoms with Crippen LogP contribution < -0.4 is 10.1 Å². The highest BCUT2D eigenvalue weighted by atomic mass is 16.5. The third-order valence-electron chi connectivity index (χ3n) is 7.93. The molecule has 1 aliphatic rings. The second-order valence-electron chi connectivity index (χ2n) is 12.2. The summed E-state index contributed by atoms with van der Waals surface area (Å²) >= 11 is 0. The quantitative estimate of drug-likeness (QED) is 0.259. The van der Waals surface area contributed by atoms with Gasteiger partial charge in [-0.15, -0.1) is 0 Å². The summed E-state index contributed by atoms with van der Waals surface area (Å²) in [6.45, 7) is 13.0. The number of rotatable bonds is 8. The first kappa shape index (κ1) is 27.8. The van der Waals surface area contributed by atoms with Gasteiger partial charge in [-0.05, 0) is 81.1 Å². The number of nitrogens with zero attached hydrogens (tertiary/aromatic N) is 4. The summed E-state index contributed by atoms with van der Waals surface area (Å²) in [5.41, 5.74) is 4.94. The third kappa shape index (κ3) is 6.36. The summed E-state index contributed by atoms with van der Waals surface area (Å²) in [6.07, 6.45) is 3.91. The lowest BCUT2D eigenvalue weighted by Gasteiger charge is -2.33. The highest BCUT2D eigenvalue weighted by Crippen LogP contribution is 2.30. The predicted molar refractivity (Wildman–Crippen MR) is 162 cm³/mol. The molecule has 1 aliphatic heterocycles. The molecule has 1 fully saturated rings. The number of piperidine rings is 1. The van der Waals surface area contributed by atoms with E-state index in [1.54, 1.807) is 6.20 Å². The molecular weight excluding hydrogens is 498 g/mol. The van der Waals surface area contributed by atoms with Crippen molar-refractivity contribution in [1.82, 2.24) is 19.4 Å². The average Bonchev–Trinajstić information content (AvgIpc) is 3.22. The minimum Gasteiger partial charge on any atom is -0.457 e.